The number of amides is 1. The molecule has 8 heteroatoms. The van der Waals surface area contributed by atoms with Gasteiger partial charge < -0.3 is 10.1 Å². The summed E-state index contributed by atoms with van der Waals surface area (Å²) >= 11 is 0. The molecule has 1 fully saturated rings. The van der Waals surface area contributed by atoms with E-state index in [4.69, 9.17) is 4.74 Å². The summed E-state index contributed by atoms with van der Waals surface area (Å²) in [5.41, 5.74) is 0.519. The van der Waals surface area contributed by atoms with Gasteiger partial charge in [0.25, 0.3) is 5.91 Å². The molecule has 2 heterocycles. The van der Waals surface area contributed by atoms with Gasteiger partial charge in [0.1, 0.15) is 0 Å². The topological polar surface area (TPSA) is 54.5 Å². The molecule has 1 N–H and O–H groups in total. The van der Waals surface area contributed by atoms with Crippen LogP contribution in [0.5, 0.6) is 0 Å². The molecule has 1 atom stereocenters. The van der Waals surface area contributed by atoms with Gasteiger partial charge in [-0.15, -0.1) is 0 Å². The quantitative estimate of drug-likeness (QED) is 0.868. The van der Waals surface area contributed by atoms with Crippen LogP contribution in [0.2, 0.25) is 0 Å². The van der Waals surface area contributed by atoms with Crippen LogP contribution in [0.4, 0.5) is 13.2 Å². The smallest absolute Gasteiger partial charge is 0.379 e. The Morgan fingerprint density at radius 3 is 2.33 bits per heavy atom. The highest BCUT2D eigenvalue weighted by Crippen LogP contribution is 2.31. The van der Waals surface area contributed by atoms with Gasteiger partial charge in [0.05, 0.1) is 24.8 Å². The summed E-state index contributed by atoms with van der Waals surface area (Å²) in [4.78, 5) is 18.3. The second-order valence-electron chi connectivity index (χ2n) is 6.23. The van der Waals surface area contributed by atoms with Gasteiger partial charge in [-0.05, 0) is 29.8 Å². The molecule has 1 saturated heterocycles. The third-order valence-corrected chi connectivity index (χ3v) is 4.51. The van der Waals surface area contributed by atoms with Gasteiger partial charge in [0.15, 0.2) is 0 Å². The molecule has 1 amide bonds. The number of nitrogens with one attached hydrogen (secondary N) is 1. The molecule has 0 saturated carbocycles. The fourth-order valence-corrected chi connectivity index (χ4v) is 3.04. The first-order valence-electron chi connectivity index (χ1n) is 8.62. The van der Waals surface area contributed by atoms with Crippen LogP contribution in [0.25, 0.3) is 0 Å². The van der Waals surface area contributed by atoms with Crippen molar-refractivity contribution in [1.29, 1.82) is 0 Å². The molecular weight excluding hydrogens is 359 g/mol. The number of carbonyl (C=O) groups is 1. The molecule has 1 aromatic carbocycles. The number of rotatable bonds is 5. The van der Waals surface area contributed by atoms with Crippen LogP contribution >= 0.6 is 0 Å². The monoisotopic (exact) mass is 379 g/mol. The Morgan fingerprint density at radius 1 is 1.11 bits per heavy atom. The highest BCUT2D eigenvalue weighted by molar-refractivity contribution is 5.93. The molecule has 27 heavy (non-hydrogen) atoms. The highest BCUT2D eigenvalue weighted by atomic mass is 19.4. The van der Waals surface area contributed by atoms with E-state index in [-0.39, 0.29) is 18.5 Å². The van der Waals surface area contributed by atoms with Crippen molar-refractivity contribution in [2.45, 2.75) is 12.2 Å². The minimum absolute atomic E-state index is 0.234. The second-order valence-corrected chi connectivity index (χ2v) is 6.23. The van der Waals surface area contributed by atoms with Crippen molar-refractivity contribution >= 4 is 5.91 Å². The van der Waals surface area contributed by atoms with E-state index in [1.807, 2.05) is 0 Å². The Balaban J connectivity index is 1.75. The van der Waals surface area contributed by atoms with E-state index in [2.05, 4.69) is 15.2 Å². The number of pyridine rings is 1. The first kappa shape index (κ1) is 19.3. The molecule has 0 radical (unpaired) electrons. The zero-order valence-electron chi connectivity index (χ0n) is 14.6. The van der Waals surface area contributed by atoms with Crippen molar-refractivity contribution < 1.29 is 22.7 Å². The highest BCUT2D eigenvalue weighted by Gasteiger charge is 2.31. The largest absolute Gasteiger partial charge is 0.416 e. The number of halogens is 3. The lowest BCUT2D eigenvalue weighted by molar-refractivity contribution is -0.137. The van der Waals surface area contributed by atoms with Crippen molar-refractivity contribution in [2.75, 3.05) is 32.8 Å². The summed E-state index contributed by atoms with van der Waals surface area (Å²) in [5, 5.41) is 2.87. The Bertz CT molecular complexity index is 745. The predicted octanol–water partition coefficient (Wildman–Crippen LogP) is 2.90. The van der Waals surface area contributed by atoms with Gasteiger partial charge in [-0.25, -0.2) is 0 Å². The molecule has 5 nitrogen and oxygen atoms in total. The van der Waals surface area contributed by atoms with Crippen LogP contribution in [0, 0.1) is 0 Å². The molecule has 1 aromatic heterocycles. The molecule has 1 aliphatic rings. The van der Waals surface area contributed by atoms with Gasteiger partial charge in [-0.2, -0.15) is 13.2 Å². The maximum absolute atomic E-state index is 12.8. The van der Waals surface area contributed by atoms with Crippen molar-refractivity contribution in [1.82, 2.24) is 15.2 Å². The normalized spacial score (nSPS) is 16.7. The third kappa shape index (κ3) is 5.05. The van der Waals surface area contributed by atoms with Crippen LogP contribution < -0.4 is 5.32 Å². The number of ether oxygens (including phenoxy) is 1. The van der Waals surface area contributed by atoms with Crippen LogP contribution in [-0.2, 0) is 10.9 Å². The summed E-state index contributed by atoms with van der Waals surface area (Å²) in [5.74, 6) is -0.248. The van der Waals surface area contributed by atoms with E-state index in [1.165, 1.54) is 24.5 Å². The maximum Gasteiger partial charge on any atom is 0.416 e. The zero-order valence-corrected chi connectivity index (χ0v) is 14.6. The number of alkyl halides is 3. The fourth-order valence-electron chi connectivity index (χ4n) is 3.04. The number of benzene rings is 1. The number of hydrogen-bond acceptors (Lipinski definition) is 4. The van der Waals surface area contributed by atoms with E-state index in [9.17, 15) is 18.0 Å². The third-order valence-electron chi connectivity index (χ3n) is 4.51. The van der Waals surface area contributed by atoms with Crippen LogP contribution in [0.15, 0.2) is 48.8 Å². The fraction of sp³-hybridized carbons (Fsp3) is 0.368. The molecule has 0 bridgehead atoms. The Morgan fingerprint density at radius 2 is 1.74 bits per heavy atom. The van der Waals surface area contributed by atoms with E-state index >= 15 is 0 Å². The summed E-state index contributed by atoms with van der Waals surface area (Å²) in [6.45, 7) is 2.69. The van der Waals surface area contributed by atoms with Gasteiger partial charge in [-0.3, -0.25) is 14.7 Å². The lowest BCUT2D eigenvalue weighted by Gasteiger charge is -2.35. The molecule has 1 unspecified atom stereocenters. The van der Waals surface area contributed by atoms with Crippen LogP contribution in [-0.4, -0.2) is 48.6 Å². The standard InChI is InChI=1S/C19H20F3N3O2/c20-19(21,22)16-3-1-14(2-4-16)17(25-9-11-27-12-10-25)13-24-18(26)15-5-7-23-8-6-15/h1-8,17H,9-13H2,(H,24,26). The number of carbonyl (C=O) groups excluding carboxylic acids is 1. The van der Waals surface area contributed by atoms with Gasteiger partial charge in [0, 0.05) is 37.6 Å². The van der Waals surface area contributed by atoms with Gasteiger partial charge in [-0.1, -0.05) is 12.1 Å². The molecule has 3 rings (SSSR count). The van der Waals surface area contributed by atoms with Crippen LogP contribution in [0.3, 0.4) is 0 Å². The lowest BCUT2D eigenvalue weighted by atomic mass is 10.0. The average molecular weight is 379 g/mol. The molecule has 1 aliphatic heterocycles. The van der Waals surface area contributed by atoms with Gasteiger partial charge in [0.2, 0.25) is 0 Å². The number of hydrogen-bond donors (Lipinski definition) is 1. The minimum Gasteiger partial charge on any atom is -0.379 e. The molecule has 0 spiro atoms. The zero-order chi connectivity index (χ0) is 19.3. The number of aromatic nitrogens is 1. The Kier molecular flexibility index (Phi) is 6.08. The van der Waals surface area contributed by atoms with Crippen molar-refractivity contribution in [2.24, 2.45) is 0 Å². The summed E-state index contributed by atoms with van der Waals surface area (Å²) < 4.78 is 43.8. The second kappa shape index (κ2) is 8.49. The van der Waals surface area contributed by atoms with Crippen molar-refractivity contribution in [3.63, 3.8) is 0 Å². The van der Waals surface area contributed by atoms with Crippen molar-refractivity contribution in [3.05, 3.63) is 65.5 Å². The lowest BCUT2D eigenvalue weighted by Crippen LogP contribution is -2.43. The maximum atomic E-state index is 12.8. The average Bonchev–Trinajstić information content (AvgIpc) is 2.69. The van der Waals surface area contributed by atoms with Crippen LogP contribution in [0.1, 0.15) is 27.5 Å². The van der Waals surface area contributed by atoms with E-state index in [0.29, 0.717) is 31.9 Å². The minimum atomic E-state index is -4.37. The summed E-state index contributed by atoms with van der Waals surface area (Å²) in [6.07, 6.45) is -1.31. The van der Waals surface area contributed by atoms with E-state index in [0.717, 1.165) is 17.7 Å². The summed E-state index contributed by atoms with van der Waals surface area (Å²) in [7, 11) is 0. The first-order chi connectivity index (χ1) is 12.9. The molecule has 0 aliphatic carbocycles. The molecular formula is C19H20F3N3O2. The number of nitrogens with zero attached hydrogens (tertiary/aromatic N) is 2. The van der Waals surface area contributed by atoms with Crippen molar-refractivity contribution in [3.8, 4) is 0 Å². The predicted molar refractivity (Wildman–Crippen MR) is 93.1 cm³/mol. The Hall–Kier alpha value is -2.45. The van der Waals surface area contributed by atoms with Gasteiger partial charge >= 0.3 is 6.18 Å². The molecule has 144 valence electrons. The Labute approximate surface area is 155 Å². The first-order valence-corrected chi connectivity index (χ1v) is 8.62. The van der Waals surface area contributed by atoms with E-state index in [1.54, 1.807) is 12.1 Å². The SMILES string of the molecule is O=C(NCC(c1ccc(C(F)(F)F)cc1)N1CCOCC1)c1ccncc1. The van der Waals surface area contributed by atoms with E-state index < -0.39 is 11.7 Å². The molecule has 2 aromatic rings. The number of morpholine rings is 1. The summed E-state index contributed by atoms with van der Waals surface area (Å²) in [6, 6.07) is 8.08.